The fraction of sp³-hybridized carbons (Fsp3) is 0.148. The summed E-state index contributed by atoms with van der Waals surface area (Å²) in [5, 5.41) is 15.5. The van der Waals surface area contributed by atoms with Crippen molar-refractivity contribution in [1.29, 1.82) is 5.26 Å². The molecule has 2 amide bonds. The molecule has 3 rings (SSSR count). The summed E-state index contributed by atoms with van der Waals surface area (Å²) in [6.07, 6.45) is 1.46. The van der Waals surface area contributed by atoms with Crippen LogP contribution in [0.25, 0.3) is 6.08 Å². The normalized spacial score (nSPS) is 10.9. The molecular weight excluding hydrogens is 450 g/mol. The number of aryl methyl sites for hydroxylation is 3. The molecule has 0 bridgehead atoms. The van der Waals surface area contributed by atoms with E-state index in [0.717, 1.165) is 16.7 Å². The van der Waals surface area contributed by atoms with Crippen LogP contribution in [0.15, 0.2) is 66.2 Å². The zero-order chi connectivity index (χ0) is 24.7. The maximum absolute atomic E-state index is 12.6. The third-order valence-electron chi connectivity index (χ3n) is 5.14. The SMILES string of the molecule is Cc1ccc(NC(=O)COc2cccc(C=C(C#N)C(=O)Nc3cc(Cl)ccc3C)c2)cc1C. The van der Waals surface area contributed by atoms with Crippen molar-refractivity contribution in [2.24, 2.45) is 0 Å². The molecule has 0 atom stereocenters. The van der Waals surface area contributed by atoms with Crippen molar-refractivity contribution in [2.45, 2.75) is 20.8 Å². The molecule has 0 aliphatic carbocycles. The van der Waals surface area contributed by atoms with Gasteiger partial charge in [-0.25, -0.2) is 0 Å². The zero-order valence-electron chi connectivity index (χ0n) is 19.1. The fourth-order valence-electron chi connectivity index (χ4n) is 3.09. The molecule has 6 nitrogen and oxygen atoms in total. The molecule has 0 saturated carbocycles. The first kappa shape index (κ1) is 24.6. The maximum atomic E-state index is 12.6. The van der Waals surface area contributed by atoms with Crippen LogP contribution in [-0.2, 0) is 9.59 Å². The van der Waals surface area contributed by atoms with Crippen molar-refractivity contribution in [3.63, 3.8) is 0 Å². The summed E-state index contributed by atoms with van der Waals surface area (Å²) in [5.74, 6) is -0.405. The van der Waals surface area contributed by atoms with E-state index in [2.05, 4.69) is 10.6 Å². The number of nitrogens with one attached hydrogen (secondary N) is 2. The summed E-state index contributed by atoms with van der Waals surface area (Å²) < 4.78 is 5.60. The molecule has 0 fully saturated rings. The van der Waals surface area contributed by atoms with E-state index >= 15 is 0 Å². The first-order valence-electron chi connectivity index (χ1n) is 10.5. The molecule has 2 N–H and O–H groups in total. The number of nitrogens with zero attached hydrogens (tertiary/aromatic N) is 1. The average molecular weight is 474 g/mol. The molecule has 34 heavy (non-hydrogen) atoms. The van der Waals surface area contributed by atoms with Crippen molar-refractivity contribution < 1.29 is 14.3 Å². The topological polar surface area (TPSA) is 91.2 Å². The minimum atomic E-state index is -0.549. The van der Waals surface area contributed by atoms with Gasteiger partial charge in [-0.05, 0) is 85.5 Å². The summed E-state index contributed by atoms with van der Waals surface area (Å²) in [4.78, 5) is 24.9. The van der Waals surface area contributed by atoms with Crippen molar-refractivity contribution in [3.05, 3.63) is 93.5 Å². The molecule has 0 aliphatic heterocycles. The third kappa shape index (κ3) is 6.71. The van der Waals surface area contributed by atoms with Gasteiger partial charge in [-0.1, -0.05) is 35.9 Å². The second kappa shape index (κ2) is 11.2. The second-order valence-electron chi connectivity index (χ2n) is 7.79. The van der Waals surface area contributed by atoms with Gasteiger partial charge < -0.3 is 15.4 Å². The standard InChI is InChI=1S/C27H24ClN3O3/c1-17-8-10-23(11-19(17)3)30-26(32)16-34-24-6-4-5-20(13-24)12-21(15-29)27(33)31-25-14-22(28)9-7-18(25)2/h4-14H,16H2,1-3H3,(H,30,32)(H,31,33). The lowest BCUT2D eigenvalue weighted by molar-refractivity contribution is -0.118. The number of amides is 2. The van der Waals surface area contributed by atoms with Gasteiger partial charge >= 0.3 is 0 Å². The van der Waals surface area contributed by atoms with Gasteiger partial charge in [0.2, 0.25) is 0 Å². The van der Waals surface area contributed by atoms with Gasteiger partial charge in [0, 0.05) is 16.4 Å². The Bertz CT molecular complexity index is 1310. The predicted molar refractivity (Wildman–Crippen MR) is 135 cm³/mol. The molecule has 0 unspecified atom stereocenters. The monoisotopic (exact) mass is 473 g/mol. The summed E-state index contributed by atoms with van der Waals surface area (Å²) >= 11 is 6.00. The molecule has 0 radical (unpaired) electrons. The van der Waals surface area contributed by atoms with Gasteiger partial charge in [-0.2, -0.15) is 5.26 Å². The molecule has 3 aromatic carbocycles. The van der Waals surface area contributed by atoms with Crippen LogP contribution >= 0.6 is 11.6 Å². The molecule has 0 aromatic heterocycles. The minimum Gasteiger partial charge on any atom is -0.484 e. The molecule has 0 saturated heterocycles. The Hall–Kier alpha value is -4.08. The van der Waals surface area contributed by atoms with Crippen LogP contribution in [0.3, 0.4) is 0 Å². The molecule has 7 heteroatoms. The van der Waals surface area contributed by atoms with Gasteiger partial charge in [-0.15, -0.1) is 0 Å². The minimum absolute atomic E-state index is 0.0796. The highest BCUT2D eigenvalue weighted by Gasteiger charge is 2.12. The number of hydrogen-bond donors (Lipinski definition) is 2. The third-order valence-corrected chi connectivity index (χ3v) is 5.38. The fourth-order valence-corrected chi connectivity index (χ4v) is 3.27. The van der Waals surface area contributed by atoms with Crippen molar-refractivity contribution in [2.75, 3.05) is 17.2 Å². The molecule has 0 spiro atoms. The zero-order valence-corrected chi connectivity index (χ0v) is 19.9. The number of rotatable bonds is 7. The lowest BCUT2D eigenvalue weighted by Gasteiger charge is -2.10. The van der Waals surface area contributed by atoms with E-state index in [0.29, 0.717) is 27.7 Å². The number of halogens is 1. The highest BCUT2D eigenvalue weighted by Crippen LogP contribution is 2.22. The van der Waals surface area contributed by atoms with Crippen molar-refractivity contribution in [3.8, 4) is 11.8 Å². The highest BCUT2D eigenvalue weighted by atomic mass is 35.5. The van der Waals surface area contributed by atoms with Crippen LogP contribution in [0.4, 0.5) is 11.4 Å². The first-order chi connectivity index (χ1) is 16.2. The lowest BCUT2D eigenvalue weighted by Crippen LogP contribution is -2.20. The maximum Gasteiger partial charge on any atom is 0.266 e. The van der Waals surface area contributed by atoms with E-state index < -0.39 is 5.91 Å². The van der Waals surface area contributed by atoms with Crippen LogP contribution in [0, 0.1) is 32.1 Å². The highest BCUT2D eigenvalue weighted by molar-refractivity contribution is 6.31. The molecule has 0 aliphatic rings. The van der Waals surface area contributed by atoms with Crippen LogP contribution in [0.5, 0.6) is 5.75 Å². The molecular formula is C27H24ClN3O3. The first-order valence-corrected chi connectivity index (χ1v) is 10.9. The number of carbonyl (C=O) groups excluding carboxylic acids is 2. The van der Waals surface area contributed by atoms with E-state index in [4.69, 9.17) is 16.3 Å². The summed E-state index contributed by atoms with van der Waals surface area (Å²) in [7, 11) is 0. The molecule has 172 valence electrons. The van der Waals surface area contributed by atoms with Gasteiger partial charge in [-0.3, -0.25) is 9.59 Å². The number of nitriles is 1. The van der Waals surface area contributed by atoms with Crippen LogP contribution in [-0.4, -0.2) is 18.4 Å². The Morgan fingerprint density at radius 1 is 0.971 bits per heavy atom. The molecule has 3 aromatic rings. The number of benzene rings is 3. The summed E-state index contributed by atoms with van der Waals surface area (Å²) in [5.41, 5.74) is 4.79. The van der Waals surface area contributed by atoms with Gasteiger partial charge in [0.1, 0.15) is 17.4 Å². The second-order valence-corrected chi connectivity index (χ2v) is 8.23. The Morgan fingerprint density at radius 2 is 1.74 bits per heavy atom. The Morgan fingerprint density at radius 3 is 2.47 bits per heavy atom. The largest absolute Gasteiger partial charge is 0.484 e. The average Bonchev–Trinajstić information content (AvgIpc) is 2.81. The van der Waals surface area contributed by atoms with Crippen LogP contribution in [0.1, 0.15) is 22.3 Å². The number of carbonyl (C=O) groups is 2. The van der Waals surface area contributed by atoms with Crippen molar-refractivity contribution in [1.82, 2.24) is 0 Å². The predicted octanol–water partition coefficient (Wildman–Crippen LogP) is 5.83. The smallest absolute Gasteiger partial charge is 0.266 e. The van der Waals surface area contributed by atoms with E-state index in [1.807, 2.05) is 45.0 Å². The van der Waals surface area contributed by atoms with E-state index in [9.17, 15) is 14.9 Å². The van der Waals surface area contributed by atoms with Gasteiger partial charge in [0.25, 0.3) is 11.8 Å². The summed E-state index contributed by atoms with van der Waals surface area (Å²) in [6.45, 7) is 5.63. The number of ether oxygens (including phenoxy) is 1. The summed E-state index contributed by atoms with van der Waals surface area (Å²) in [6, 6.07) is 19.5. The van der Waals surface area contributed by atoms with Crippen LogP contribution in [0.2, 0.25) is 5.02 Å². The van der Waals surface area contributed by atoms with E-state index in [-0.39, 0.29) is 18.1 Å². The van der Waals surface area contributed by atoms with Crippen LogP contribution < -0.4 is 15.4 Å². The van der Waals surface area contributed by atoms with Gasteiger partial charge in [0.15, 0.2) is 6.61 Å². The van der Waals surface area contributed by atoms with E-state index in [1.165, 1.54) is 6.08 Å². The van der Waals surface area contributed by atoms with Gasteiger partial charge in [0.05, 0.1) is 0 Å². The quantitative estimate of drug-likeness (QED) is 0.333. The number of anilines is 2. The lowest BCUT2D eigenvalue weighted by atomic mass is 10.1. The van der Waals surface area contributed by atoms with Crippen molar-refractivity contribution >= 4 is 40.9 Å². The number of hydrogen-bond acceptors (Lipinski definition) is 4. The Labute approximate surface area is 203 Å². The Balaban J connectivity index is 1.65. The molecule has 0 heterocycles. The Kier molecular flexibility index (Phi) is 8.07. The van der Waals surface area contributed by atoms with E-state index in [1.54, 1.807) is 42.5 Å².